The summed E-state index contributed by atoms with van der Waals surface area (Å²) in [5.74, 6) is 0.108. The number of carbonyl (C=O) groups excluding carboxylic acids is 1. The van der Waals surface area contributed by atoms with Gasteiger partial charge in [0.05, 0.1) is 18.8 Å². The van der Waals surface area contributed by atoms with Gasteiger partial charge in [-0.05, 0) is 45.1 Å². The molecular weight excluding hydrogens is 419 g/mol. The molecule has 3 fully saturated rings. The number of thioether (sulfide) groups is 1. The van der Waals surface area contributed by atoms with Gasteiger partial charge in [-0.3, -0.25) is 15.0 Å². The summed E-state index contributed by atoms with van der Waals surface area (Å²) in [5, 5.41) is 5.92. The van der Waals surface area contributed by atoms with Gasteiger partial charge in [0.2, 0.25) is 5.91 Å². The lowest BCUT2D eigenvalue weighted by Gasteiger charge is -2.38. The largest absolute Gasteiger partial charge is 0.403 e. The van der Waals surface area contributed by atoms with Crippen molar-refractivity contribution in [2.45, 2.75) is 86.6 Å². The van der Waals surface area contributed by atoms with E-state index in [1.165, 1.54) is 7.11 Å². The molecule has 1 aliphatic carbocycles. The number of carbonyl (C=O) groups is 1. The van der Waals surface area contributed by atoms with Crippen LogP contribution in [0.25, 0.3) is 0 Å². The van der Waals surface area contributed by atoms with E-state index in [9.17, 15) is 18.0 Å². The number of hydrogen-bond acceptors (Lipinski definition) is 7. The highest BCUT2D eigenvalue weighted by molar-refractivity contribution is 8.00. The maximum Gasteiger partial charge on any atom is 0.403 e. The Morgan fingerprint density at radius 3 is 2.67 bits per heavy atom. The van der Waals surface area contributed by atoms with E-state index in [0.29, 0.717) is 11.2 Å². The van der Waals surface area contributed by atoms with Crippen LogP contribution in [0.3, 0.4) is 0 Å². The zero-order valence-electron chi connectivity index (χ0n) is 17.8. The third kappa shape index (κ3) is 6.23. The monoisotopic (exact) mass is 453 g/mol. The topological polar surface area (TPSA) is 77.7 Å². The Labute approximate surface area is 180 Å². The summed E-state index contributed by atoms with van der Waals surface area (Å²) in [6, 6.07) is -2.60. The van der Waals surface area contributed by atoms with Gasteiger partial charge in [0.25, 0.3) is 0 Å². The predicted molar refractivity (Wildman–Crippen MR) is 110 cm³/mol. The smallest absolute Gasteiger partial charge is 0.381 e. The molecule has 3 rings (SSSR count). The molecule has 0 aromatic rings. The number of nitrogens with one attached hydrogen (secondary N) is 4. The van der Waals surface area contributed by atoms with Crippen LogP contribution in [-0.2, 0) is 9.53 Å². The van der Waals surface area contributed by atoms with Crippen LogP contribution in [0, 0.1) is 5.92 Å². The maximum atomic E-state index is 13.2. The van der Waals surface area contributed by atoms with Gasteiger partial charge in [0, 0.05) is 18.4 Å². The first-order valence-corrected chi connectivity index (χ1v) is 11.6. The molecule has 30 heavy (non-hydrogen) atoms. The molecule has 0 aromatic carbocycles. The van der Waals surface area contributed by atoms with Crippen LogP contribution in [-0.4, -0.2) is 72.8 Å². The number of methoxy groups -OCH3 is 1. The fraction of sp³-hybridized carbons (Fsp3) is 0.947. The molecule has 0 aromatic heterocycles. The number of nitrogens with zero attached hydrogens (tertiary/aromatic N) is 1. The zero-order valence-corrected chi connectivity index (χ0v) is 18.6. The molecule has 1 amide bonds. The van der Waals surface area contributed by atoms with E-state index in [0.717, 1.165) is 32.4 Å². The van der Waals surface area contributed by atoms with Crippen molar-refractivity contribution in [2.24, 2.45) is 5.92 Å². The van der Waals surface area contributed by atoms with Crippen LogP contribution in [0.15, 0.2) is 0 Å². The Balaban J connectivity index is 1.52. The summed E-state index contributed by atoms with van der Waals surface area (Å²) in [4.78, 5) is 15.0. The molecule has 7 nitrogen and oxygen atoms in total. The molecule has 0 spiro atoms. The molecule has 0 bridgehead atoms. The Morgan fingerprint density at radius 2 is 2.03 bits per heavy atom. The second-order valence-electron chi connectivity index (χ2n) is 8.70. The lowest BCUT2D eigenvalue weighted by molar-refractivity contribution is -0.174. The normalized spacial score (nSPS) is 37.1. The summed E-state index contributed by atoms with van der Waals surface area (Å²) >= 11 is 1.86. The van der Waals surface area contributed by atoms with Crippen LogP contribution < -0.4 is 21.5 Å². The second kappa shape index (κ2) is 10.4. The van der Waals surface area contributed by atoms with Gasteiger partial charge in [0.1, 0.15) is 11.5 Å². The number of halogens is 3. The fourth-order valence-corrected chi connectivity index (χ4v) is 5.90. The Bertz CT molecular complexity index is 585. The molecule has 3 aliphatic rings. The van der Waals surface area contributed by atoms with Gasteiger partial charge >= 0.3 is 6.18 Å². The quantitative estimate of drug-likeness (QED) is 0.488. The first kappa shape index (κ1) is 24.1. The lowest BCUT2D eigenvalue weighted by Crippen LogP contribution is -2.60. The minimum Gasteiger partial charge on any atom is -0.381 e. The zero-order chi connectivity index (χ0) is 21.9. The van der Waals surface area contributed by atoms with E-state index in [-0.39, 0.29) is 30.3 Å². The van der Waals surface area contributed by atoms with Gasteiger partial charge < -0.3 is 10.1 Å². The van der Waals surface area contributed by atoms with E-state index in [4.69, 9.17) is 4.74 Å². The van der Waals surface area contributed by atoms with Crippen LogP contribution in [0.4, 0.5) is 13.2 Å². The third-order valence-electron chi connectivity index (χ3n) is 6.47. The van der Waals surface area contributed by atoms with E-state index >= 15 is 0 Å². The van der Waals surface area contributed by atoms with Crippen molar-refractivity contribution in [1.82, 2.24) is 26.4 Å². The highest BCUT2D eigenvalue weighted by atomic mass is 32.2. The number of ether oxygens (including phenoxy) is 1. The molecule has 11 heteroatoms. The Morgan fingerprint density at radius 1 is 1.27 bits per heavy atom. The summed E-state index contributed by atoms with van der Waals surface area (Å²) in [6.45, 7) is 3.01. The van der Waals surface area contributed by atoms with Crippen molar-refractivity contribution in [1.29, 1.82) is 0 Å². The van der Waals surface area contributed by atoms with Crippen LogP contribution in [0.2, 0.25) is 0 Å². The molecule has 1 saturated carbocycles. The van der Waals surface area contributed by atoms with Gasteiger partial charge in [0.15, 0.2) is 0 Å². The first-order chi connectivity index (χ1) is 14.2. The van der Waals surface area contributed by atoms with Crippen molar-refractivity contribution >= 4 is 17.7 Å². The minimum absolute atomic E-state index is 0.000694. The molecule has 0 radical (unpaired) electrons. The van der Waals surface area contributed by atoms with Gasteiger partial charge in [-0.1, -0.05) is 13.3 Å². The third-order valence-corrected chi connectivity index (χ3v) is 8.02. The molecule has 2 saturated heterocycles. The van der Waals surface area contributed by atoms with E-state index in [1.807, 2.05) is 11.8 Å². The molecule has 7 atom stereocenters. The summed E-state index contributed by atoms with van der Waals surface area (Å²) < 4.78 is 44.8. The van der Waals surface area contributed by atoms with Crippen LogP contribution in [0.1, 0.15) is 45.4 Å². The van der Waals surface area contributed by atoms with Gasteiger partial charge in [-0.2, -0.15) is 13.2 Å². The molecule has 6 unspecified atom stereocenters. The summed E-state index contributed by atoms with van der Waals surface area (Å²) in [6.07, 6.45) is -1.04. The lowest BCUT2D eigenvalue weighted by atomic mass is 9.83. The number of rotatable bonds is 6. The van der Waals surface area contributed by atoms with Crippen molar-refractivity contribution in [2.75, 3.05) is 20.8 Å². The molecule has 2 heterocycles. The van der Waals surface area contributed by atoms with E-state index in [2.05, 4.69) is 40.4 Å². The Hall–Kier alpha value is -0.590. The number of hydrazine groups is 1. The van der Waals surface area contributed by atoms with Gasteiger partial charge in [-0.25, -0.2) is 10.9 Å². The first-order valence-electron chi connectivity index (χ1n) is 10.7. The SMILES string of the molecule is COC1CC(C(=O)NC2CCCC([C@H](C)SC3NNCN3C)C2)NC(C(F)(F)F)C1. The van der Waals surface area contributed by atoms with E-state index in [1.54, 1.807) is 0 Å². The second-order valence-corrected chi connectivity index (χ2v) is 10.2. The predicted octanol–water partition coefficient (Wildman–Crippen LogP) is 1.76. The van der Waals surface area contributed by atoms with Crippen molar-refractivity contribution < 1.29 is 22.7 Å². The average molecular weight is 454 g/mol. The molecule has 174 valence electrons. The fourth-order valence-electron chi connectivity index (χ4n) is 4.59. The van der Waals surface area contributed by atoms with Crippen LogP contribution in [0.5, 0.6) is 0 Å². The molecule has 2 aliphatic heterocycles. The highest BCUT2D eigenvalue weighted by Gasteiger charge is 2.46. The highest BCUT2D eigenvalue weighted by Crippen LogP contribution is 2.35. The van der Waals surface area contributed by atoms with E-state index < -0.39 is 24.4 Å². The average Bonchev–Trinajstić information content (AvgIpc) is 3.11. The van der Waals surface area contributed by atoms with Crippen molar-refractivity contribution in [3.05, 3.63) is 0 Å². The molecular formula is C19H34F3N5O2S. The standard InChI is InChI=1S/C19H34F3N5O2S/c1-11(30-18-26-23-10-27(18)2)12-5-4-6-13(7-12)24-17(28)15-8-14(29-3)9-16(25-15)19(20,21)22/h11-16,18,23,25-26H,4-10H2,1-3H3,(H,24,28)/t11-,12?,13?,14?,15?,16?,18?/m0/s1. The Kier molecular flexibility index (Phi) is 8.30. The number of amides is 1. The van der Waals surface area contributed by atoms with Crippen LogP contribution >= 0.6 is 11.8 Å². The minimum atomic E-state index is -4.39. The maximum absolute atomic E-state index is 13.2. The number of hydrogen-bond donors (Lipinski definition) is 4. The van der Waals surface area contributed by atoms with Crippen molar-refractivity contribution in [3.63, 3.8) is 0 Å². The van der Waals surface area contributed by atoms with Gasteiger partial charge in [-0.15, -0.1) is 11.8 Å². The summed E-state index contributed by atoms with van der Waals surface area (Å²) in [5.41, 5.74) is 6.59. The van der Waals surface area contributed by atoms with Crippen molar-refractivity contribution in [3.8, 4) is 0 Å². The number of piperidine rings is 1. The molecule has 4 N–H and O–H groups in total. The number of alkyl halides is 3. The summed E-state index contributed by atoms with van der Waals surface area (Å²) in [7, 11) is 3.45.